The maximum absolute atomic E-state index is 13.0. The van der Waals surface area contributed by atoms with Gasteiger partial charge in [0.2, 0.25) is 0 Å². The third-order valence-electron chi connectivity index (χ3n) is 7.46. The van der Waals surface area contributed by atoms with Crippen molar-refractivity contribution in [2.75, 3.05) is 6.61 Å². The Morgan fingerprint density at radius 1 is 1.03 bits per heavy atom. The molecule has 3 saturated carbocycles. The first-order valence-corrected chi connectivity index (χ1v) is 10.9. The molecule has 3 aliphatic rings. The first-order chi connectivity index (χ1) is 14.1. The number of aliphatic hydroxyl groups excluding tert-OH is 1. The van der Waals surface area contributed by atoms with Gasteiger partial charge in [0.15, 0.2) is 0 Å². The van der Waals surface area contributed by atoms with Gasteiger partial charge in [0.1, 0.15) is 11.5 Å². The van der Waals surface area contributed by atoms with Crippen molar-refractivity contribution >= 4 is 5.91 Å². The highest BCUT2D eigenvalue weighted by atomic mass is 16.5. The molecule has 3 aliphatic carbocycles. The second kappa shape index (κ2) is 7.49. The summed E-state index contributed by atoms with van der Waals surface area (Å²) in [5, 5.41) is 13.4. The molecule has 2 aromatic carbocycles. The van der Waals surface area contributed by atoms with Crippen molar-refractivity contribution in [2.24, 2.45) is 23.2 Å². The molecule has 29 heavy (non-hydrogen) atoms. The van der Waals surface area contributed by atoms with Crippen LogP contribution in [0.5, 0.6) is 11.5 Å². The van der Waals surface area contributed by atoms with Gasteiger partial charge in [-0.25, -0.2) is 0 Å². The number of aliphatic hydroxyl groups is 1. The second-order valence-electron chi connectivity index (χ2n) is 9.40. The van der Waals surface area contributed by atoms with E-state index in [0.717, 1.165) is 37.4 Å². The molecule has 1 amide bonds. The Morgan fingerprint density at radius 2 is 1.86 bits per heavy atom. The van der Waals surface area contributed by atoms with Gasteiger partial charge >= 0.3 is 0 Å². The van der Waals surface area contributed by atoms with Crippen molar-refractivity contribution in [1.29, 1.82) is 0 Å². The lowest BCUT2D eigenvalue weighted by Gasteiger charge is -2.36. The van der Waals surface area contributed by atoms with E-state index >= 15 is 0 Å². The number of para-hydroxylation sites is 1. The average molecular weight is 392 g/mol. The zero-order valence-corrected chi connectivity index (χ0v) is 16.7. The molecule has 0 radical (unpaired) electrons. The van der Waals surface area contributed by atoms with Crippen molar-refractivity contribution in [2.45, 2.75) is 44.6 Å². The van der Waals surface area contributed by atoms with Gasteiger partial charge in [0.05, 0.1) is 0 Å². The summed E-state index contributed by atoms with van der Waals surface area (Å²) in [6.07, 6.45) is 6.87. The smallest absolute Gasteiger partial charge is 0.251 e. The molecule has 0 spiro atoms. The molecule has 5 rings (SSSR count). The number of ether oxygens (including phenoxy) is 1. The minimum absolute atomic E-state index is 0.0206. The third kappa shape index (κ3) is 3.66. The van der Waals surface area contributed by atoms with Crippen LogP contribution in [0.15, 0.2) is 54.6 Å². The Morgan fingerprint density at radius 3 is 2.69 bits per heavy atom. The van der Waals surface area contributed by atoms with E-state index in [4.69, 9.17) is 4.74 Å². The van der Waals surface area contributed by atoms with E-state index in [-0.39, 0.29) is 17.4 Å². The van der Waals surface area contributed by atoms with Gasteiger partial charge in [-0.2, -0.15) is 0 Å². The Kier molecular flexibility index (Phi) is 4.83. The van der Waals surface area contributed by atoms with Gasteiger partial charge in [-0.3, -0.25) is 4.79 Å². The molecule has 0 saturated heterocycles. The van der Waals surface area contributed by atoms with Crippen LogP contribution in [0.3, 0.4) is 0 Å². The molecule has 0 heterocycles. The topological polar surface area (TPSA) is 58.6 Å². The van der Waals surface area contributed by atoms with Crippen molar-refractivity contribution in [1.82, 2.24) is 5.32 Å². The van der Waals surface area contributed by atoms with Crippen LogP contribution in [-0.4, -0.2) is 23.7 Å². The normalized spacial score (nSPS) is 32.6. The SMILES string of the molecule is O=C(NC1CCC2CC3CC(CO)(C2)CC31)c1cccc(Oc2ccccc2)c1. The molecule has 3 fully saturated rings. The maximum atomic E-state index is 13.0. The molecule has 4 nitrogen and oxygen atoms in total. The third-order valence-corrected chi connectivity index (χ3v) is 7.46. The summed E-state index contributed by atoms with van der Waals surface area (Å²) in [6.45, 7) is 0.302. The predicted octanol–water partition coefficient (Wildman–Crippen LogP) is 4.79. The highest BCUT2D eigenvalue weighted by molar-refractivity contribution is 5.94. The first kappa shape index (κ1) is 18.7. The highest BCUT2D eigenvalue weighted by Crippen LogP contribution is 2.59. The fourth-order valence-electron chi connectivity index (χ4n) is 6.28. The van der Waals surface area contributed by atoms with Gasteiger partial charge in [0.25, 0.3) is 5.91 Å². The summed E-state index contributed by atoms with van der Waals surface area (Å²) in [7, 11) is 0. The van der Waals surface area contributed by atoms with E-state index in [9.17, 15) is 9.90 Å². The number of carbonyl (C=O) groups excluding carboxylic acids is 1. The molecule has 0 aliphatic heterocycles. The summed E-state index contributed by atoms with van der Waals surface area (Å²) in [4.78, 5) is 13.0. The zero-order chi connectivity index (χ0) is 19.8. The molecule has 2 aromatic rings. The number of nitrogens with one attached hydrogen (secondary N) is 1. The number of rotatable bonds is 5. The van der Waals surface area contributed by atoms with E-state index in [0.29, 0.717) is 29.8 Å². The maximum Gasteiger partial charge on any atom is 0.251 e. The summed E-state index contributed by atoms with van der Waals surface area (Å²) in [5.41, 5.74) is 0.754. The largest absolute Gasteiger partial charge is 0.457 e. The lowest BCUT2D eigenvalue weighted by atomic mass is 9.70. The monoisotopic (exact) mass is 391 g/mol. The quantitative estimate of drug-likeness (QED) is 0.771. The molecule has 0 aromatic heterocycles. The molecule has 5 unspecified atom stereocenters. The van der Waals surface area contributed by atoms with Crippen molar-refractivity contribution < 1.29 is 14.6 Å². The van der Waals surface area contributed by atoms with Crippen molar-refractivity contribution in [3.63, 3.8) is 0 Å². The fourth-order valence-corrected chi connectivity index (χ4v) is 6.28. The molecule has 3 bridgehead atoms. The van der Waals surface area contributed by atoms with Crippen LogP contribution in [0.2, 0.25) is 0 Å². The highest BCUT2D eigenvalue weighted by Gasteiger charge is 2.54. The van der Waals surface area contributed by atoms with Crippen molar-refractivity contribution in [3.05, 3.63) is 60.2 Å². The van der Waals surface area contributed by atoms with Crippen LogP contribution >= 0.6 is 0 Å². The number of amides is 1. The average Bonchev–Trinajstić information content (AvgIpc) is 2.96. The van der Waals surface area contributed by atoms with Crippen LogP contribution < -0.4 is 10.1 Å². The zero-order valence-electron chi connectivity index (χ0n) is 16.7. The van der Waals surface area contributed by atoms with Gasteiger partial charge in [-0.05, 0) is 92.0 Å². The van der Waals surface area contributed by atoms with Crippen LogP contribution in [-0.2, 0) is 0 Å². The van der Waals surface area contributed by atoms with Gasteiger partial charge in [-0.1, -0.05) is 24.3 Å². The number of benzene rings is 2. The Balaban J connectivity index is 1.30. The predicted molar refractivity (Wildman–Crippen MR) is 112 cm³/mol. The fraction of sp³-hybridized carbons (Fsp3) is 0.480. The van der Waals surface area contributed by atoms with Gasteiger partial charge in [-0.15, -0.1) is 0 Å². The van der Waals surface area contributed by atoms with Crippen LogP contribution in [0, 0.1) is 23.2 Å². The Bertz CT molecular complexity index is 883. The van der Waals surface area contributed by atoms with Crippen LogP contribution in [0.4, 0.5) is 0 Å². The Hall–Kier alpha value is -2.33. The summed E-state index contributed by atoms with van der Waals surface area (Å²) >= 11 is 0. The molecule has 2 N–H and O–H groups in total. The standard InChI is InChI=1S/C25H29NO3/c27-16-25-13-17-9-10-23(22(15-25)19(11-17)14-25)26-24(28)18-5-4-8-21(12-18)29-20-6-2-1-3-7-20/h1-8,12,17,19,22-23,27H,9-11,13-16H2,(H,26,28). The number of hydrogen-bond donors (Lipinski definition) is 2. The van der Waals surface area contributed by atoms with E-state index in [1.807, 2.05) is 54.6 Å². The van der Waals surface area contributed by atoms with E-state index in [2.05, 4.69) is 5.32 Å². The minimum atomic E-state index is -0.0206. The number of carbonyl (C=O) groups is 1. The van der Waals surface area contributed by atoms with Crippen LogP contribution in [0.1, 0.15) is 48.9 Å². The van der Waals surface area contributed by atoms with E-state index in [1.165, 1.54) is 12.8 Å². The molecular formula is C25H29NO3. The van der Waals surface area contributed by atoms with E-state index in [1.54, 1.807) is 0 Å². The van der Waals surface area contributed by atoms with Crippen molar-refractivity contribution in [3.8, 4) is 11.5 Å². The lowest BCUT2D eigenvalue weighted by Crippen LogP contribution is -2.41. The minimum Gasteiger partial charge on any atom is -0.457 e. The van der Waals surface area contributed by atoms with Gasteiger partial charge in [0, 0.05) is 18.2 Å². The Labute approximate surface area is 172 Å². The van der Waals surface area contributed by atoms with E-state index < -0.39 is 0 Å². The summed E-state index contributed by atoms with van der Waals surface area (Å²) in [5.74, 6) is 3.28. The number of fused-ring (bicyclic) bond motifs is 2. The second-order valence-corrected chi connectivity index (χ2v) is 9.40. The number of hydrogen-bond acceptors (Lipinski definition) is 3. The lowest BCUT2D eigenvalue weighted by molar-refractivity contribution is 0.0653. The molecular weight excluding hydrogens is 362 g/mol. The molecule has 5 atom stereocenters. The van der Waals surface area contributed by atoms with Gasteiger partial charge < -0.3 is 15.2 Å². The van der Waals surface area contributed by atoms with Crippen LogP contribution in [0.25, 0.3) is 0 Å². The first-order valence-electron chi connectivity index (χ1n) is 10.9. The summed E-state index contributed by atoms with van der Waals surface area (Å²) in [6, 6.07) is 17.2. The molecule has 152 valence electrons. The summed E-state index contributed by atoms with van der Waals surface area (Å²) < 4.78 is 5.89. The molecule has 4 heteroatoms.